The molecular formula is C21H28O4. The van der Waals surface area contributed by atoms with Gasteiger partial charge in [0.25, 0.3) is 0 Å². The number of aliphatic hydroxyl groups is 1. The van der Waals surface area contributed by atoms with Gasteiger partial charge in [0.2, 0.25) is 0 Å². The Bertz CT molecular complexity index is 581. The molecule has 0 spiro atoms. The van der Waals surface area contributed by atoms with Gasteiger partial charge in [0.05, 0.1) is 5.76 Å². The van der Waals surface area contributed by atoms with Crippen LogP contribution in [0.15, 0.2) is 42.2 Å². The largest absolute Gasteiger partial charge is 0.483 e. The van der Waals surface area contributed by atoms with Gasteiger partial charge in [-0.25, -0.2) is 0 Å². The number of rotatable bonds is 10. The van der Waals surface area contributed by atoms with Gasteiger partial charge in [-0.3, -0.25) is 4.79 Å². The first kappa shape index (κ1) is 20.8. The lowest BCUT2D eigenvalue weighted by Crippen LogP contribution is -2.07. The van der Waals surface area contributed by atoms with E-state index in [-0.39, 0.29) is 25.3 Å². The minimum Gasteiger partial charge on any atom is -0.483 e. The van der Waals surface area contributed by atoms with E-state index < -0.39 is 0 Å². The highest BCUT2D eigenvalue weighted by Gasteiger charge is 2.04. The molecule has 136 valence electrons. The minimum atomic E-state index is -0.330. The molecule has 0 bridgehead atoms. The molecule has 25 heavy (non-hydrogen) atoms. The fourth-order valence-corrected chi connectivity index (χ4v) is 2.21. The molecule has 0 unspecified atom stereocenters. The van der Waals surface area contributed by atoms with Gasteiger partial charge >= 0.3 is 5.97 Å². The number of ether oxygens (including phenoxy) is 2. The number of carbonyl (C=O) groups excluding carboxylic acids is 1. The zero-order valence-electron chi connectivity index (χ0n) is 15.2. The summed E-state index contributed by atoms with van der Waals surface area (Å²) in [4.78, 5) is 10.8. The average Bonchev–Trinajstić information content (AvgIpc) is 2.59. The molecule has 1 N–H and O–H groups in total. The summed E-state index contributed by atoms with van der Waals surface area (Å²) in [6.45, 7) is 3.52. The molecule has 1 atom stereocenters. The first-order valence-electron chi connectivity index (χ1n) is 8.74. The summed E-state index contributed by atoms with van der Waals surface area (Å²) in [5, 5.41) is 8.96. The van der Waals surface area contributed by atoms with Crippen molar-refractivity contribution in [2.75, 3.05) is 13.2 Å². The number of esters is 1. The number of unbranched alkanes of at least 4 members (excludes halogenated alkanes) is 1. The van der Waals surface area contributed by atoms with Gasteiger partial charge in [-0.05, 0) is 37.8 Å². The Morgan fingerprint density at radius 2 is 2.04 bits per heavy atom. The molecule has 0 heterocycles. The summed E-state index contributed by atoms with van der Waals surface area (Å²) in [7, 11) is 0. The predicted molar refractivity (Wildman–Crippen MR) is 98.7 cm³/mol. The van der Waals surface area contributed by atoms with Crippen molar-refractivity contribution in [3.05, 3.63) is 47.7 Å². The van der Waals surface area contributed by atoms with Crippen LogP contribution in [0.5, 0.6) is 0 Å². The van der Waals surface area contributed by atoms with Crippen LogP contribution in [-0.4, -0.2) is 30.4 Å². The number of benzene rings is 1. The molecule has 4 heteroatoms. The number of aliphatic hydroxyl groups excluding tert-OH is 1. The van der Waals surface area contributed by atoms with Crippen LogP contribution in [-0.2, 0) is 20.7 Å². The Labute approximate surface area is 150 Å². The van der Waals surface area contributed by atoms with E-state index in [1.165, 1.54) is 12.5 Å². The first-order chi connectivity index (χ1) is 12.1. The summed E-state index contributed by atoms with van der Waals surface area (Å²) in [5.74, 6) is 6.61. The van der Waals surface area contributed by atoms with Crippen LogP contribution in [0, 0.1) is 11.8 Å². The fourth-order valence-electron chi connectivity index (χ4n) is 2.21. The van der Waals surface area contributed by atoms with E-state index in [0.717, 1.165) is 19.3 Å². The normalized spacial score (nSPS) is 12.0. The topological polar surface area (TPSA) is 55.8 Å². The smallest absolute Gasteiger partial charge is 0.302 e. The number of carbonyl (C=O) groups is 1. The van der Waals surface area contributed by atoms with Gasteiger partial charge in [-0.1, -0.05) is 42.2 Å². The molecule has 0 amide bonds. The molecule has 0 radical (unpaired) electrons. The summed E-state index contributed by atoms with van der Waals surface area (Å²) < 4.78 is 10.7. The van der Waals surface area contributed by atoms with E-state index in [1.54, 1.807) is 6.08 Å². The van der Waals surface area contributed by atoms with E-state index in [1.807, 2.05) is 25.1 Å². The van der Waals surface area contributed by atoms with E-state index in [9.17, 15) is 4.79 Å². The number of hydrogen-bond donors (Lipinski definition) is 1. The second-order valence-electron chi connectivity index (χ2n) is 5.72. The third kappa shape index (κ3) is 11.0. The van der Waals surface area contributed by atoms with Gasteiger partial charge in [-0.2, -0.15) is 0 Å². The summed E-state index contributed by atoms with van der Waals surface area (Å²) in [6, 6.07) is 10.4. The summed E-state index contributed by atoms with van der Waals surface area (Å²) in [6.07, 6.45) is 5.55. The molecule has 1 aromatic carbocycles. The lowest BCUT2D eigenvalue weighted by molar-refractivity contribution is -0.139. The quantitative estimate of drug-likeness (QED) is 0.305. The van der Waals surface area contributed by atoms with Crippen molar-refractivity contribution in [3.63, 3.8) is 0 Å². The number of allylic oxidation sites excluding steroid dienone is 1. The van der Waals surface area contributed by atoms with Gasteiger partial charge < -0.3 is 14.6 Å². The molecule has 1 rings (SSSR count). The highest BCUT2D eigenvalue weighted by atomic mass is 16.5. The Balaban J connectivity index is 2.37. The van der Waals surface area contributed by atoms with Gasteiger partial charge in [0.1, 0.15) is 6.61 Å². The molecule has 0 aliphatic rings. The van der Waals surface area contributed by atoms with E-state index >= 15 is 0 Å². The third-order valence-electron chi connectivity index (χ3n) is 3.42. The molecular weight excluding hydrogens is 316 g/mol. The second kappa shape index (κ2) is 13.1. The van der Waals surface area contributed by atoms with Crippen LogP contribution in [0.2, 0.25) is 0 Å². The van der Waals surface area contributed by atoms with Gasteiger partial charge in [0, 0.05) is 26.4 Å². The SMILES string of the molecule is CC(=O)OC/C=C(\CCCO)O[C@H](C)C#CCCCc1ccccc1. The van der Waals surface area contributed by atoms with Gasteiger partial charge in [0.15, 0.2) is 6.10 Å². The Morgan fingerprint density at radius 3 is 2.72 bits per heavy atom. The second-order valence-corrected chi connectivity index (χ2v) is 5.72. The van der Waals surface area contributed by atoms with Crippen molar-refractivity contribution in [1.82, 2.24) is 0 Å². The maximum Gasteiger partial charge on any atom is 0.302 e. The van der Waals surface area contributed by atoms with Crippen molar-refractivity contribution < 1.29 is 19.4 Å². The molecule has 0 aromatic heterocycles. The van der Waals surface area contributed by atoms with Crippen molar-refractivity contribution in [2.24, 2.45) is 0 Å². The van der Waals surface area contributed by atoms with Crippen LogP contribution in [0.25, 0.3) is 0 Å². The van der Waals surface area contributed by atoms with Crippen molar-refractivity contribution in [2.45, 2.75) is 52.1 Å². The molecule has 4 nitrogen and oxygen atoms in total. The van der Waals surface area contributed by atoms with Gasteiger partial charge in [-0.15, -0.1) is 0 Å². The third-order valence-corrected chi connectivity index (χ3v) is 3.42. The molecule has 0 saturated heterocycles. The van der Waals surface area contributed by atoms with E-state index in [0.29, 0.717) is 18.6 Å². The molecule has 0 fully saturated rings. The molecule has 0 aliphatic carbocycles. The Morgan fingerprint density at radius 1 is 1.28 bits per heavy atom. The standard InChI is InChI=1S/C21H28O4/c1-18(10-5-3-6-11-20-12-7-4-8-13-20)25-21(14-9-16-22)15-17-24-19(2)23/h4,7-8,12-13,15,18,22H,3,6,9,11,14,16-17H2,1-2H3/b21-15+/t18-/m1/s1. The lowest BCUT2D eigenvalue weighted by atomic mass is 10.1. The summed E-state index contributed by atoms with van der Waals surface area (Å²) in [5.41, 5.74) is 1.33. The Kier molecular flexibility index (Phi) is 10.9. The summed E-state index contributed by atoms with van der Waals surface area (Å²) >= 11 is 0. The first-order valence-corrected chi connectivity index (χ1v) is 8.74. The molecule has 0 saturated carbocycles. The predicted octanol–water partition coefficient (Wildman–Crippen LogP) is 3.64. The zero-order chi connectivity index (χ0) is 18.3. The van der Waals surface area contributed by atoms with Crippen molar-refractivity contribution in [3.8, 4) is 11.8 Å². The molecule has 0 aliphatic heterocycles. The average molecular weight is 344 g/mol. The fraction of sp³-hybridized carbons (Fsp3) is 0.476. The van der Waals surface area contributed by atoms with Crippen LogP contribution in [0.1, 0.15) is 45.1 Å². The van der Waals surface area contributed by atoms with E-state index in [2.05, 4.69) is 24.0 Å². The van der Waals surface area contributed by atoms with Crippen molar-refractivity contribution in [1.29, 1.82) is 0 Å². The maximum absolute atomic E-state index is 10.8. The van der Waals surface area contributed by atoms with E-state index in [4.69, 9.17) is 14.6 Å². The number of hydrogen-bond acceptors (Lipinski definition) is 4. The number of aryl methyl sites for hydroxylation is 1. The minimum absolute atomic E-state index is 0.0911. The highest BCUT2D eigenvalue weighted by molar-refractivity contribution is 5.66. The van der Waals surface area contributed by atoms with Crippen LogP contribution in [0.3, 0.4) is 0 Å². The zero-order valence-corrected chi connectivity index (χ0v) is 15.2. The highest BCUT2D eigenvalue weighted by Crippen LogP contribution is 2.10. The molecule has 1 aromatic rings. The monoisotopic (exact) mass is 344 g/mol. The van der Waals surface area contributed by atoms with Crippen LogP contribution < -0.4 is 0 Å². The van der Waals surface area contributed by atoms with Crippen LogP contribution >= 0.6 is 0 Å². The van der Waals surface area contributed by atoms with Crippen molar-refractivity contribution >= 4 is 5.97 Å². The Hall–Kier alpha value is -2.25. The maximum atomic E-state index is 10.8. The lowest BCUT2D eigenvalue weighted by Gasteiger charge is -2.13. The van der Waals surface area contributed by atoms with Crippen LogP contribution in [0.4, 0.5) is 0 Å².